The molecule has 0 aliphatic heterocycles. The minimum atomic E-state index is -4.55. The molecule has 0 radical (unpaired) electrons. The molecule has 2 aromatic rings. The van der Waals surface area contributed by atoms with Crippen molar-refractivity contribution in [3.05, 3.63) is 23.5 Å². The normalized spacial score (nSPS) is 14.8. The molecule has 23 heavy (non-hydrogen) atoms. The molecule has 0 atom stereocenters. The second-order valence-corrected chi connectivity index (χ2v) is 5.49. The van der Waals surface area contributed by atoms with Crippen LogP contribution in [0.5, 0.6) is 0 Å². The van der Waals surface area contributed by atoms with Crippen molar-refractivity contribution in [3.63, 3.8) is 0 Å². The predicted octanol–water partition coefficient (Wildman–Crippen LogP) is 2.43. The maximum atomic E-state index is 12.9. The summed E-state index contributed by atoms with van der Waals surface area (Å²) in [5, 5.41) is 10.5. The first-order chi connectivity index (χ1) is 10.8. The predicted molar refractivity (Wildman–Crippen MR) is 75.0 cm³/mol. The number of nitrogens with zero attached hydrogens (tertiary/aromatic N) is 5. The molecule has 0 amide bonds. The summed E-state index contributed by atoms with van der Waals surface area (Å²) in [4.78, 5) is 8.99. The van der Waals surface area contributed by atoms with Gasteiger partial charge in [-0.25, -0.2) is 4.98 Å². The number of aromatic nitrogens is 4. The Hall–Kier alpha value is -2.39. The number of alkyl halides is 3. The average molecular weight is 328 g/mol. The Morgan fingerprint density at radius 1 is 1.26 bits per heavy atom. The van der Waals surface area contributed by atoms with Crippen LogP contribution in [0.1, 0.15) is 36.2 Å². The van der Waals surface area contributed by atoms with Gasteiger partial charge in [-0.1, -0.05) is 0 Å². The van der Waals surface area contributed by atoms with Crippen LogP contribution in [0.2, 0.25) is 0 Å². The Kier molecular flexibility index (Phi) is 3.82. The molecule has 2 heterocycles. The van der Waals surface area contributed by atoms with Gasteiger partial charge >= 0.3 is 6.18 Å². The van der Waals surface area contributed by atoms with Gasteiger partial charge in [0, 0.05) is 26.1 Å². The van der Waals surface area contributed by atoms with E-state index < -0.39 is 11.9 Å². The van der Waals surface area contributed by atoms with Crippen LogP contribution in [0.4, 0.5) is 24.9 Å². The van der Waals surface area contributed by atoms with Crippen molar-refractivity contribution in [2.45, 2.75) is 31.5 Å². The summed E-state index contributed by atoms with van der Waals surface area (Å²) < 4.78 is 44.1. The molecule has 0 aromatic carbocycles. The van der Waals surface area contributed by atoms with E-state index in [1.165, 1.54) is 4.90 Å². The first-order valence-electron chi connectivity index (χ1n) is 7.02. The summed E-state index contributed by atoms with van der Waals surface area (Å²) in [5.41, 5.74) is -1.01. The number of rotatable bonds is 5. The van der Waals surface area contributed by atoms with Gasteiger partial charge in [0.05, 0.1) is 6.54 Å². The molecule has 1 fully saturated rings. The van der Waals surface area contributed by atoms with Crippen molar-refractivity contribution in [2.75, 3.05) is 24.3 Å². The van der Waals surface area contributed by atoms with Crippen molar-refractivity contribution < 1.29 is 17.6 Å². The van der Waals surface area contributed by atoms with Crippen LogP contribution in [0, 0.1) is 0 Å². The zero-order chi connectivity index (χ0) is 16.6. The summed E-state index contributed by atoms with van der Waals surface area (Å²) in [6, 6.07) is 0.892. The molecule has 1 aliphatic rings. The molecule has 124 valence electrons. The number of hydrogen-bond acceptors (Lipinski definition) is 7. The smallest absolute Gasteiger partial charge is 0.423 e. The third-order valence-electron chi connectivity index (χ3n) is 3.27. The van der Waals surface area contributed by atoms with Crippen molar-refractivity contribution in [3.8, 4) is 0 Å². The summed E-state index contributed by atoms with van der Waals surface area (Å²) in [5.74, 6) is 1.19. The molecule has 2 aromatic heterocycles. The Bertz CT molecular complexity index is 695. The Morgan fingerprint density at radius 3 is 2.61 bits per heavy atom. The fourth-order valence-corrected chi connectivity index (χ4v) is 1.88. The van der Waals surface area contributed by atoms with Gasteiger partial charge in [-0.3, -0.25) is 0 Å². The monoisotopic (exact) mass is 328 g/mol. The fraction of sp³-hybridized carbons (Fsp3) is 0.538. The van der Waals surface area contributed by atoms with E-state index in [2.05, 4.69) is 25.5 Å². The van der Waals surface area contributed by atoms with E-state index in [0.29, 0.717) is 17.7 Å². The van der Waals surface area contributed by atoms with Gasteiger partial charge in [0.25, 0.3) is 0 Å². The molecule has 0 bridgehead atoms. The molecule has 1 saturated carbocycles. The molecule has 1 aliphatic carbocycles. The summed E-state index contributed by atoms with van der Waals surface area (Å²) in [7, 11) is 3.21. The number of nitrogens with one attached hydrogen (secondary N) is 1. The second-order valence-electron chi connectivity index (χ2n) is 5.49. The Morgan fingerprint density at radius 2 is 2.00 bits per heavy atom. The van der Waals surface area contributed by atoms with Crippen LogP contribution in [-0.4, -0.2) is 34.3 Å². The van der Waals surface area contributed by atoms with Crippen molar-refractivity contribution >= 4 is 11.8 Å². The first kappa shape index (κ1) is 15.5. The number of hydrogen-bond donors (Lipinski definition) is 1. The second kappa shape index (κ2) is 5.67. The zero-order valence-corrected chi connectivity index (χ0v) is 12.6. The zero-order valence-electron chi connectivity index (χ0n) is 12.6. The highest BCUT2D eigenvalue weighted by Crippen LogP contribution is 2.39. The van der Waals surface area contributed by atoms with Gasteiger partial charge in [-0.15, -0.1) is 10.2 Å². The molecule has 1 N–H and O–H groups in total. The van der Waals surface area contributed by atoms with Gasteiger partial charge in [-0.05, 0) is 12.8 Å². The molecule has 3 rings (SSSR count). The molecular formula is C13H15F3N6O. The first-order valence-corrected chi connectivity index (χ1v) is 7.02. The fourth-order valence-electron chi connectivity index (χ4n) is 1.88. The van der Waals surface area contributed by atoms with Gasteiger partial charge in [0.2, 0.25) is 17.7 Å². The molecule has 0 spiro atoms. The van der Waals surface area contributed by atoms with Crippen molar-refractivity contribution in [1.82, 2.24) is 20.2 Å². The van der Waals surface area contributed by atoms with E-state index in [4.69, 9.17) is 4.42 Å². The SMILES string of the molecule is CN(C)c1cc(C(F)(F)F)nc(NCc2nnc(C3CC3)o2)n1. The topological polar surface area (TPSA) is 80.0 Å². The van der Waals surface area contributed by atoms with E-state index in [0.717, 1.165) is 18.9 Å². The van der Waals surface area contributed by atoms with Gasteiger partial charge in [0.1, 0.15) is 5.82 Å². The van der Waals surface area contributed by atoms with Crippen LogP contribution < -0.4 is 10.2 Å². The largest absolute Gasteiger partial charge is 0.433 e. The molecule has 0 unspecified atom stereocenters. The van der Waals surface area contributed by atoms with E-state index in [1.807, 2.05) is 0 Å². The number of halogens is 3. The van der Waals surface area contributed by atoms with Crippen LogP contribution in [0.3, 0.4) is 0 Å². The van der Waals surface area contributed by atoms with E-state index in [-0.39, 0.29) is 18.3 Å². The minimum Gasteiger partial charge on any atom is -0.423 e. The summed E-state index contributed by atoms with van der Waals surface area (Å²) >= 11 is 0. The lowest BCUT2D eigenvalue weighted by atomic mass is 10.3. The highest BCUT2D eigenvalue weighted by molar-refractivity contribution is 5.44. The van der Waals surface area contributed by atoms with Crippen molar-refractivity contribution in [1.29, 1.82) is 0 Å². The molecule has 10 heteroatoms. The third-order valence-corrected chi connectivity index (χ3v) is 3.27. The molecule has 0 saturated heterocycles. The Labute approximate surface area is 129 Å². The van der Waals surface area contributed by atoms with Crippen LogP contribution in [0.25, 0.3) is 0 Å². The lowest BCUT2D eigenvalue weighted by Crippen LogP contribution is -2.17. The minimum absolute atomic E-state index is 0.0634. The van der Waals surface area contributed by atoms with Crippen LogP contribution in [-0.2, 0) is 12.7 Å². The van der Waals surface area contributed by atoms with Crippen molar-refractivity contribution in [2.24, 2.45) is 0 Å². The summed E-state index contributed by atoms with van der Waals surface area (Å²) in [6.45, 7) is 0.0634. The maximum absolute atomic E-state index is 12.9. The highest BCUT2D eigenvalue weighted by atomic mass is 19.4. The number of anilines is 2. The van der Waals surface area contributed by atoms with E-state index >= 15 is 0 Å². The lowest BCUT2D eigenvalue weighted by Gasteiger charge is -2.15. The lowest BCUT2D eigenvalue weighted by molar-refractivity contribution is -0.141. The Balaban J connectivity index is 1.76. The van der Waals surface area contributed by atoms with Crippen LogP contribution in [0.15, 0.2) is 10.5 Å². The van der Waals surface area contributed by atoms with Gasteiger partial charge in [-0.2, -0.15) is 18.2 Å². The molecule has 7 nitrogen and oxygen atoms in total. The van der Waals surface area contributed by atoms with Crippen LogP contribution >= 0.6 is 0 Å². The van der Waals surface area contributed by atoms with Gasteiger partial charge in [0.15, 0.2) is 5.69 Å². The highest BCUT2D eigenvalue weighted by Gasteiger charge is 2.34. The van der Waals surface area contributed by atoms with E-state index in [9.17, 15) is 13.2 Å². The third kappa shape index (κ3) is 3.69. The standard InChI is InChI=1S/C13H15F3N6O/c1-22(2)9-5-8(13(14,15)16)18-12(19-9)17-6-10-20-21-11(23-10)7-3-4-7/h5,7H,3-4,6H2,1-2H3,(H,17,18,19). The molecular weight excluding hydrogens is 313 g/mol. The van der Waals surface area contributed by atoms with Gasteiger partial charge < -0.3 is 14.6 Å². The average Bonchev–Trinajstić information content (AvgIpc) is 3.23. The maximum Gasteiger partial charge on any atom is 0.433 e. The quantitative estimate of drug-likeness (QED) is 0.903. The summed E-state index contributed by atoms with van der Waals surface area (Å²) in [6.07, 6.45) is -2.50. The van der Waals surface area contributed by atoms with E-state index in [1.54, 1.807) is 14.1 Å².